The summed E-state index contributed by atoms with van der Waals surface area (Å²) >= 11 is 1.54. The smallest absolute Gasteiger partial charge is 0.455 e. The predicted molar refractivity (Wildman–Crippen MR) is 169 cm³/mol. The maximum atomic E-state index is 13.8. The molecule has 2 saturated heterocycles. The van der Waals surface area contributed by atoms with Crippen molar-refractivity contribution in [3.05, 3.63) is 81.1 Å². The van der Waals surface area contributed by atoms with Gasteiger partial charge in [-0.05, 0) is 77.5 Å². The predicted octanol–water partition coefficient (Wildman–Crippen LogP) is 6.21. The Kier molecular flexibility index (Phi) is 8.86. The SMILES string of the molecule is CCC/C(=C\c1ccc(O)c2ccccc12)CC[C@H]1OB(O)C[C@H]2C1=C(COC)C[C@H]1C(=O)N(Cc3cccs3)C(=O)[C@H]12. The first kappa shape index (κ1) is 29.8. The first-order valence-electron chi connectivity index (χ1n) is 15.2. The van der Waals surface area contributed by atoms with Crippen molar-refractivity contribution in [2.24, 2.45) is 17.8 Å². The van der Waals surface area contributed by atoms with Crippen LogP contribution >= 0.6 is 11.3 Å². The zero-order valence-corrected chi connectivity index (χ0v) is 25.5. The van der Waals surface area contributed by atoms with Crippen LogP contribution in [0.1, 0.15) is 49.5 Å². The third-order valence-electron chi connectivity index (χ3n) is 9.21. The number of rotatable bonds is 10. The third kappa shape index (κ3) is 5.83. The van der Waals surface area contributed by atoms with Gasteiger partial charge in [-0.3, -0.25) is 14.5 Å². The standard InChI is InChI=1S/C34H38BNO6S/c1-3-7-21(16-22-12-13-29(37)26-10-5-4-9-25(22)26)11-14-30-31-23(20-41-2)17-27-32(28(31)18-35(40)42-30)34(39)36(33(27)38)19-24-8-6-15-43-24/h4-6,8-10,12-13,15-16,27-28,30,32,37,40H,3,7,11,14,17-20H2,1-2H3/b21-16+/t27-,28+,30-,32-/m1/s1. The van der Waals surface area contributed by atoms with Crippen LogP contribution in [0.2, 0.25) is 6.32 Å². The lowest BCUT2D eigenvalue weighted by molar-refractivity contribution is -0.140. The number of imide groups is 1. The Bertz CT molecular complexity index is 1570. The van der Waals surface area contributed by atoms with Crippen molar-refractivity contribution in [1.82, 2.24) is 4.90 Å². The highest BCUT2D eigenvalue weighted by molar-refractivity contribution is 7.09. The van der Waals surface area contributed by atoms with Crippen LogP contribution < -0.4 is 0 Å². The van der Waals surface area contributed by atoms with Crippen molar-refractivity contribution in [3.8, 4) is 5.75 Å². The molecule has 9 heteroatoms. The lowest BCUT2D eigenvalue weighted by atomic mass is 9.58. The summed E-state index contributed by atoms with van der Waals surface area (Å²) in [6.45, 7) is 2.82. The summed E-state index contributed by atoms with van der Waals surface area (Å²) in [5.74, 6) is -1.18. The maximum Gasteiger partial charge on any atom is 0.455 e. The molecule has 6 rings (SSSR count). The molecule has 3 aromatic rings. The summed E-state index contributed by atoms with van der Waals surface area (Å²) in [6, 6.07) is 15.4. The van der Waals surface area contributed by atoms with E-state index in [0.29, 0.717) is 32.3 Å². The molecule has 0 spiro atoms. The quantitative estimate of drug-likeness (QED) is 0.163. The van der Waals surface area contributed by atoms with Crippen molar-refractivity contribution >= 4 is 47.1 Å². The molecular weight excluding hydrogens is 561 g/mol. The summed E-state index contributed by atoms with van der Waals surface area (Å²) < 4.78 is 11.8. The van der Waals surface area contributed by atoms with Gasteiger partial charge >= 0.3 is 7.12 Å². The molecule has 0 unspecified atom stereocenters. The molecule has 0 saturated carbocycles. The van der Waals surface area contributed by atoms with Crippen LogP contribution in [0, 0.1) is 17.8 Å². The number of phenols is 1. The fourth-order valence-electron chi connectivity index (χ4n) is 7.41. The van der Waals surface area contributed by atoms with Gasteiger partial charge in [0.1, 0.15) is 5.75 Å². The van der Waals surface area contributed by atoms with Gasteiger partial charge in [0.25, 0.3) is 0 Å². The number of allylic oxidation sites excluding steroid dienone is 1. The molecule has 2 N–H and O–H groups in total. The Labute approximate surface area is 257 Å². The van der Waals surface area contributed by atoms with Gasteiger partial charge < -0.3 is 19.5 Å². The fraction of sp³-hybridized carbons (Fsp3) is 0.412. The molecule has 1 aromatic heterocycles. The number of nitrogens with zero attached hydrogens (tertiary/aromatic N) is 1. The molecule has 3 aliphatic rings. The number of amides is 2. The molecule has 2 aliphatic heterocycles. The summed E-state index contributed by atoms with van der Waals surface area (Å²) in [5.41, 5.74) is 4.38. The van der Waals surface area contributed by atoms with E-state index in [1.54, 1.807) is 13.2 Å². The van der Waals surface area contributed by atoms with E-state index in [9.17, 15) is 19.7 Å². The van der Waals surface area contributed by atoms with E-state index < -0.39 is 19.0 Å². The first-order valence-corrected chi connectivity index (χ1v) is 16.1. The highest BCUT2D eigenvalue weighted by Gasteiger charge is 2.57. The Morgan fingerprint density at radius 2 is 1.91 bits per heavy atom. The van der Waals surface area contributed by atoms with E-state index in [-0.39, 0.29) is 29.6 Å². The van der Waals surface area contributed by atoms with Gasteiger partial charge in [-0.15, -0.1) is 11.3 Å². The lowest BCUT2D eigenvalue weighted by Gasteiger charge is -2.43. The lowest BCUT2D eigenvalue weighted by Crippen LogP contribution is -2.46. The van der Waals surface area contributed by atoms with Crippen LogP contribution in [-0.4, -0.2) is 53.8 Å². The zero-order chi connectivity index (χ0) is 30.1. The third-order valence-corrected chi connectivity index (χ3v) is 10.1. The minimum Gasteiger partial charge on any atom is -0.507 e. The van der Waals surface area contributed by atoms with Crippen LogP contribution in [-0.2, 0) is 25.5 Å². The molecular formula is C34H38BNO6S. The number of carbonyl (C=O) groups is 2. The fourth-order valence-corrected chi connectivity index (χ4v) is 8.10. The van der Waals surface area contributed by atoms with Crippen molar-refractivity contribution in [1.29, 1.82) is 0 Å². The highest BCUT2D eigenvalue weighted by Crippen LogP contribution is 2.51. The molecule has 2 aromatic carbocycles. The Morgan fingerprint density at radius 3 is 2.65 bits per heavy atom. The van der Waals surface area contributed by atoms with Gasteiger partial charge in [0, 0.05) is 17.4 Å². The summed E-state index contributed by atoms with van der Waals surface area (Å²) in [4.78, 5) is 29.8. The van der Waals surface area contributed by atoms with Gasteiger partial charge in [-0.1, -0.05) is 61.4 Å². The second-order valence-electron chi connectivity index (χ2n) is 11.9. The van der Waals surface area contributed by atoms with E-state index >= 15 is 0 Å². The van der Waals surface area contributed by atoms with Crippen LogP contribution in [0.5, 0.6) is 5.75 Å². The van der Waals surface area contributed by atoms with Gasteiger partial charge in [0.05, 0.1) is 31.1 Å². The Balaban J connectivity index is 1.28. The highest BCUT2D eigenvalue weighted by atomic mass is 32.1. The van der Waals surface area contributed by atoms with Gasteiger partial charge in [0.15, 0.2) is 0 Å². The molecule has 2 fully saturated rings. The van der Waals surface area contributed by atoms with E-state index in [2.05, 4.69) is 13.0 Å². The van der Waals surface area contributed by atoms with Crippen molar-refractivity contribution in [2.75, 3.05) is 13.7 Å². The van der Waals surface area contributed by atoms with Crippen molar-refractivity contribution in [2.45, 2.75) is 58.0 Å². The second-order valence-corrected chi connectivity index (χ2v) is 12.9. The number of benzene rings is 2. The molecule has 4 atom stereocenters. The van der Waals surface area contributed by atoms with Crippen LogP contribution in [0.3, 0.4) is 0 Å². The molecule has 7 nitrogen and oxygen atoms in total. The number of ether oxygens (including phenoxy) is 1. The number of phenolic OH excluding ortho intramolecular Hbond substituents is 1. The molecule has 1 aliphatic carbocycles. The number of likely N-dealkylation sites (tertiary alicyclic amines) is 1. The van der Waals surface area contributed by atoms with E-state index in [0.717, 1.165) is 51.6 Å². The Hall–Kier alpha value is -3.24. The van der Waals surface area contributed by atoms with E-state index in [4.69, 9.17) is 9.39 Å². The van der Waals surface area contributed by atoms with Gasteiger partial charge in [-0.25, -0.2) is 0 Å². The van der Waals surface area contributed by atoms with Crippen molar-refractivity contribution in [3.63, 3.8) is 0 Å². The molecule has 224 valence electrons. The first-order chi connectivity index (χ1) is 20.9. The topological polar surface area (TPSA) is 96.3 Å². The summed E-state index contributed by atoms with van der Waals surface area (Å²) in [5, 5.41) is 25.0. The number of aromatic hydroxyl groups is 1. The molecule has 0 radical (unpaired) electrons. The minimum absolute atomic E-state index is 0.122. The summed E-state index contributed by atoms with van der Waals surface area (Å²) in [6.07, 6.45) is 5.91. The zero-order valence-electron chi connectivity index (χ0n) is 24.7. The molecule has 43 heavy (non-hydrogen) atoms. The number of carbonyl (C=O) groups excluding carboxylic acids is 2. The van der Waals surface area contributed by atoms with Crippen LogP contribution in [0.15, 0.2) is 70.6 Å². The van der Waals surface area contributed by atoms with Crippen LogP contribution in [0.4, 0.5) is 0 Å². The van der Waals surface area contributed by atoms with Crippen LogP contribution in [0.25, 0.3) is 16.8 Å². The number of thiophene rings is 1. The van der Waals surface area contributed by atoms with E-state index in [1.807, 2.05) is 47.8 Å². The van der Waals surface area contributed by atoms with Gasteiger partial charge in [-0.2, -0.15) is 0 Å². The molecule has 0 bridgehead atoms. The number of methoxy groups -OCH3 is 1. The number of hydrogen-bond acceptors (Lipinski definition) is 7. The average molecular weight is 600 g/mol. The summed E-state index contributed by atoms with van der Waals surface area (Å²) in [7, 11) is 0.645. The number of hydrogen-bond donors (Lipinski definition) is 2. The average Bonchev–Trinajstić information content (AvgIpc) is 3.60. The molecule has 2 amide bonds. The van der Waals surface area contributed by atoms with Gasteiger partial charge in [0.2, 0.25) is 11.8 Å². The second kappa shape index (κ2) is 12.8. The normalized spacial score (nSPS) is 24.2. The Morgan fingerprint density at radius 1 is 1.09 bits per heavy atom. The molecule has 3 heterocycles. The largest absolute Gasteiger partial charge is 0.507 e. The minimum atomic E-state index is -1.00. The number of fused-ring (bicyclic) bond motifs is 4. The van der Waals surface area contributed by atoms with Crippen molar-refractivity contribution < 1.29 is 29.1 Å². The van der Waals surface area contributed by atoms with E-state index in [1.165, 1.54) is 21.8 Å². The maximum absolute atomic E-state index is 13.8. The monoisotopic (exact) mass is 599 g/mol.